The molecule has 5 nitrogen and oxygen atoms in total. The van der Waals surface area contributed by atoms with E-state index in [-0.39, 0.29) is 0 Å². The van der Waals surface area contributed by atoms with Gasteiger partial charge in [-0.05, 0) is 19.8 Å². The van der Waals surface area contributed by atoms with Crippen molar-refractivity contribution < 1.29 is 9.19 Å². The Bertz CT molecular complexity index is 203. The third kappa shape index (κ3) is 8.01. The zero-order valence-corrected chi connectivity index (χ0v) is 8.52. The first-order valence-corrected chi connectivity index (χ1v) is 5.71. The van der Waals surface area contributed by atoms with Crippen LogP contribution in [0.1, 0.15) is 19.8 Å². The van der Waals surface area contributed by atoms with Crippen LogP contribution in [-0.2, 0) is 9.19 Å². The van der Waals surface area contributed by atoms with Gasteiger partial charge in [-0.25, -0.2) is 15.6 Å². The molecule has 0 unspecified atom stereocenters. The standard InChI is InChI=1S/C5H13ClN3O2P/c1-5(3-2-4-6)9-11-12(7,8)10/h2-4H2,1H3,(H4,7,8,10). The molecule has 0 rings (SSSR count). The maximum atomic E-state index is 10.6. The number of alkyl halides is 1. The maximum absolute atomic E-state index is 10.6. The number of nitrogens with two attached hydrogens (primary N) is 2. The average Bonchev–Trinajstić information content (AvgIpc) is 1.95. The lowest BCUT2D eigenvalue weighted by Gasteiger charge is -2.03. The number of hydrogen-bond donors (Lipinski definition) is 2. The molecule has 0 aliphatic heterocycles. The summed E-state index contributed by atoms with van der Waals surface area (Å²) in [5.41, 5.74) is 10.5. The summed E-state index contributed by atoms with van der Waals surface area (Å²) in [6.45, 7) is 1.72. The van der Waals surface area contributed by atoms with Crippen molar-refractivity contribution in [3.05, 3.63) is 0 Å². The molecule has 4 N–H and O–H groups in total. The minimum absolute atomic E-state index is 0.551. The second kappa shape index (κ2) is 5.54. The predicted molar refractivity (Wildman–Crippen MR) is 50.1 cm³/mol. The Balaban J connectivity index is 3.77. The monoisotopic (exact) mass is 213 g/mol. The van der Waals surface area contributed by atoms with E-state index in [4.69, 9.17) is 22.6 Å². The molecule has 72 valence electrons. The minimum atomic E-state index is -3.47. The van der Waals surface area contributed by atoms with Crippen LogP contribution in [0, 0.1) is 0 Å². The van der Waals surface area contributed by atoms with Gasteiger partial charge in [0.2, 0.25) is 0 Å². The van der Waals surface area contributed by atoms with Crippen molar-refractivity contribution in [2.24, 2.45) is 16.2 Å². The fourth-order valence-corrected chi connectivity index (χ4v) is 0.902. The number of halogens is 1. The Morgan fingerprint density at radius 1 is 1.67 bits per heavy atom. The van der Waals surface area contributed by atoms with Crippen LogP contribution in [0.3, 0.4) is 0 Å². The predicted octanol–water partition coefficient (Wildman–Crippen LogP) is 1.42. The molecule has 0 amide bonds. The van der Waals surface area contributed by atoms with E-state index in [2.05, 4.69) is 9.78 Å². The molecule has 0 heterocycles. The van der Waals surface area contributed by atoms with E-state index in [9.17, 15) is 4.57 Å². The summed E-state index contributed by atoms with van der Waals surface area (Å²) in [4.78, 5) is 0. The van der Waals surface area contributed by atoms with Crippen molar-refractivity contribution in [2.45, 2.75) is 19.8 Å². The van der Waals surface area contributed by atoms with Crippen LogP contribution in [0.15, 0.2) is 5.16 Å². The third-order valence-electron chi connectivity index (χ3n) is 0.996. The van der Waals surface area contributed by atoms with Gasteiger partial charge >= 0.3 is 7.67 Å². The number of oxime groups is 1. The highest BCUT2D eigenvalue weighted by Gasteiger charge is 2.07. The Hall–Kier alpha value is -0.0900. The van der Waals surface area contributed by atoms with Crippen molar-refractivity contribution in [1.82, 2.24) is 0 Å². The van der Waals surface area contributed by atoms with Crippen LogP contribution in [0.2, 0.25) is 0 Å². The topological polar surface area (TPSA) is 90.7 Å². The van der Waals surface area contributed by atoms with Gasteiger partial charge in [0.15, 0.2) is 0 Å². The van der Waals surface area contributed by atoms with E-state index in [1.165, 1.54) is 0 Å². The first-order valence-electron chi connectivity index (χ1n) is 3.41. The van der Waals surface area contributed by atoms with E-state index < -0.39 is 7.67 Å². The second-order valence-corrected chi connectivity index (χ2v) is 4.18. The van der Waals surface area contributed by atoms with Crippen LogP contribution < -0.4 is 11.0 Å². The Kier molecular flexibility index (Phi) is 5.50. The summed E-state index contributed by atoms with van der Waals surface area (Å²) in [6.07, 6.45) is 1.48. The van der Waals surface area contributed by atoms with Gasteiger partial charge in [-0.3, -0.25) is 0 Å². The smallest absolute Gasteiger partial charge is 0.312 e. The normalized spacial score (nSPS) is 13.2. The summed E-state index contributed by atoms with van der Waals surface area (Å²) < 4.78 is 14.9. The molecule has 0 spiro atoms. The highest BCUT2D eigenvalue weighted by molar-refractivity contribution is 7.53. The quantitative estimate of drug-likeness (QED) is 0.313. The van der Waals surface area contributed by atoms with Crippen LogP contribution in [0.5, 0.6) is 0 Å². The lowest BCUT2D eigenvalue weighted by Crippen LogP contribution is -2.06. The number of nitrogens with zero attached hydrogens (tertiary/aromatic N) is 1. The molecule has 0 fully saturated rings. The molecule has 0 aliphatic rings. The summed E-state index contributed by atoms with van der Waals surface area (Å²) in [5.74, 6) is 0.551. The van der Waals surface area contributed by atoms with Crippen molar-refractivity contribution >= 4 is 25.0 Å². The molecular weight excluding hydrogens is 201 g/mol. The van der Waals surface area contributed by atoms with Crippen LogP contribution >= 0.6 is 19.3 Å². The first-order chi connectivity index (χ1) is 5.45. The fraction of sp³-hybridized carbons (Fsp3) is 0.800. The Morgan fingerprint density at radius 2 is 2.25 bits per heavy atom. The second-order valence-electron chi connectivity index (χ2n) is 2.35. The molecular formula is C5H13ClN3O2P. The number of rotatable bonds is 5. The molecule has 0 saturated heterocycles. The molecule has 12 heavy (non-hydrogen) atoms. The fourth-order valence-electron chi connectivity index (χ4n) is 0.502. The number of hydrogen-bond acceptors (Lipinski definition) is 3. The van der Waals surface area contributed by atoms with Gasteiger partial charge in [0.1, 0.15) is 0 Å². The van der Waals surface area contributed by atoms with E-state index in [0.29, 0.717) is 18.0 Å². The van der Waals surface area contributed by atoms with Crippen molar-refractivity contribution in [3.63, 3.8) is 0 Å². The van der Waals surface area contributed by atoms with Gasteiger partial charge in [-0.1, -0.05) is 5.16 Å². The SMILES string of the molecule is CC(CCCCl)=NOP(N)(N)=O. The largest absolute Gasteiger partial charge is 0.405 e. The van der Waals surface area contributed by atoms with Crippen LogP contribution in [0.25, 0.3) is 0 Å². The maximum Gasteiger partial charge on any atom is 0.405 e. The lowest BCUT2D eigenvalue weighted by molar-refractivity contribution is 0.333. The van der Waals surface area contributed by atoms with Crippen molar-refractivity contribution in [2.75, 3.05) is 5.88 Å². The van der Waals surface area contributed by atoms with Gasteiger partial charge in [-0.2, -0.15) is 0 Å². The Morgan fingerprint density at radius 3 is 2.67 bits per heavy atom. The van der Waals surface area contributed by atoms with E-state index in [1.54, 1.807) is 6.92 Å². The van der Waals surface area contributed by atoms with E-state index >= 15 is 0 Å². The molecule has 0 aromatic heterocycles. The molecule has 0 aromatic carbocycles. The van der Waals surface area contributed by atoms with Gasteiger partial charge in [0.25, 0.3) is 0 Å². The third-order valence-corrected chi connectivity index (χ3v) is 1.60. The van der Waals surface area contributed by atoms with Gasteiger partial charge in [0.05, 0.1) is 5.71 Å². The summed E-state index contributed by atoms with van der Waals surface area (Å²) >= 11 is 5.44. The summed E-state index contributed by atoms with van der Waals surface area (Å²) in [6, 6.07) is 0. The zero-order valence-electron chi connectivity index (χ0n) is 6.86. The van der Waals surface area contributed by atoms with E-state index in [1.807, 2.05) is 0 Å². The molecule has 0 aliphatic carbocycles. The zero-order chi connectivity index (χ0) is 9.61. The lowest BCUT2D eigenvalue weighted by atomic mass is 10.2. The molecule has 0 atom stereocenters. The van der Waals surface area contributed by atoms with Crippen molar-refractivity contribution in [3.8, 4) is 0 Å². The van der Waals surface area contributed by atoms with Gasteiger partial charge in [-0.15, -0.1) is 11.6 Å². The average molecular weight is 214 g/mol. The molecule has 0 aromatic rings. The van der Waals surface area contributed by atoms with Crippen LogP contribution in [0.4, 0.5) is 0 Å². The molecule has 0 bridgehead atoms. The van der Waals surface area contributed by atoms with Gasteiger partial charge in [0, 0.05) is 5.88 Å². The highest BCUT2D eigenvalue weighted by Crippen LogP contribution is 2.26. The van der Waals surface area contributed by atoms with Crippen LogP contribution in [-0.4, -0.2) is 11.6 Å². The highest BCUT2D eigenvalue weighted by atomic mass is 35.5. The molecule has 7 heteroatoms. The molecule has 0 saturated carbocycles. The summed E-state index contributed by atoms with van der Waals surface area (Å²) in [5, 5.41) is 3.48. The summed E-state index contributed by atoms with van der Waals surface area (Å²) in [7, 11) is -3.47. The van der Waals surface area contributed by atoms with Gasteiger partial charge < -0.3 is 4.62 Å². The first kappa shape index (κ1) is 11.9. The van der Waals surface area contributed by atoms with E-state index in [0.717, 1.165) is 6.42 Å². The minimum Gasteiger partial charge on any atom is -0.312 e. The van der Waals surface area contributed by atoms with Crippen molar-refractivity contribution in [1.29, 1.82) is 0 Å². The Labute approximate surface area is 76.6 Å². The molecule has 0 radical (unpaired) electrons.